The minimum atomic E-state index is -2.34. The quantitative estimate of drug-likeness (QED) is 0.548. The van der Waals surface area contributed by atoms with Crippen LogP contribution in [0.3, 0.4) is 0 Å². The maximum Gasteiger partial charge on any atom is 2.00 e. The van der Waals surface area contributed by atoms with Gasteiger partial charge in [-0.15, -0.1) is 0 Å². The summed E-state index contributed by atoms with van der Waals surface area (Å²) in [6.07, 6.45) is 0.905. The smallest absolute Gasteiger partial charge is 0.397 e. The molecule has 0 saturated heterocycles. The predicted octanol–water partition coefficient (Wildman–Crippen LogP) is 1.47. The topological polar surface area (TPSA) is 27.7 Å². The van der Waals surface area contributed by atoms with Crippen LogP contribution in [0.15, 0.2) is 0 Å². The third kappa shape index (κ3) is 5.43. The Bertz CT molecular complexity index is 80.5. The van der Waals surface area contributed by atoms with Gasteiger partial charge in [0.2, 0.25) is 0 Å². The van der Waals surface area contributed by atoms with Crippen molar-refractivity contribution in [2.45, 2.75) is 13.3 Å². The molecular weight excluding hydrogens is 344 g/mol. The van der Waals surface area contributed by atoms with Crippen molar-refractivity contribution in [1.29, 1.82) is 0 Å². The van der Waals surface area contributed by atoms with E-state index in [2.05, 4.69) is 0 Å². The Kier molecular flexibility index (Phi) is 15.3. The van der Waals surface area contributed by atoms with Gasteiger partial charge in [0.05, 0.1) is 0 Å². The normalized spacial score (nSPS) is 10.0. The van der Waals surface area contributed by atoms with Crippen LogP contribution in [0, 0.1) is 13.5 Å². The van der Waals surface area contributed by atoms with Gasteiger partial charge in [0.25, 0.3) is 0 Å². The first-order chi connectivity index (χ1) is 4.74. The van der Waals surface area contributed by atoms with E-state index in [-0.39, 0.29) is 28.5 Å². The van der Waals surface area contributed by atoms with Crippen LogP contribution in [0.25, 0.3) is 0 Å². The molecule has 0 bridgehead atoms. The zero-order valence-electron chi connectivity index (χ0n) is 8.42. The van der Waals surface area contributed by atoms with E-state index in [1.165, 1.54) is 0 Å². The van der Waals surface area contributed by atoms with Gasteiger partial charge in [0.15, 0.2) is 0 Å². The van der Waals surface area contributed by atoms with E-state index in [9.17, 15) is 0 Å². The van der Waals surface area contributed by atoms with Crippen LogP contribution in [0.2, 0.25) is 0 Å². The van der Waals surface area contributed by atoms with Gasteiger partial charge < -0.3 is 20.7 Å². The first-order valence-corrected chi connectivity index (χ1v) is 5.04. The molecule has 74 valence electrons. The summed E-state index contributed by atoms with van der Waals surface area (Å²) < 4.78 is 15.3. The summed E-state index contributed by atoms with van der Waals surface area (Å²) in [5.74, 6) is 0. The van der Waals surface area contributed by atoms with E-state index >= 15 is 0 Å². The molecule has 0 rings (SSSR count). The molecule has 0 amide bonds. The monoisotopic (exact) mass is 362 g/mol. The van der Waals surface area contributed by atoms with Gasteiger partial charge in [-0.2, -0.15) is 6.42 Å². The standard InChI is InChI=1S/C6H15O3Si.CH3.W/c1-5-6-10(7-2,8-3)9-4;;/h6H,5H2,1-4H3;1H3;/q2*-1;+2. The molecule has 5 heteroatoms. The number of rotatable bonds is 5. The number of hydrogen-bond donors (Lipinski definition) is 0. The Morgan fingerprint density at radius 3 is 1.50 bits per heavy atom. The van der Waals surface area contributed by atoms with E-state index in [1.807, 2.05) is 13.0 Å². The summed E-state index contributed by atoms with van der Waals surface area (Å²) in [6.45, 7) is 2.03. The maximum atomic E-state index is 5.12. The summed E-state index contributed by atoms with van der Waals surface area (Å²) in [5.41, 5.74) is 0. The average molecular weight is 362 g/mol. The zero-order valence-corrected chi connectivity index (χ0v) is 12.4. The summed E-state index contributed by atoms with van der Waals surface area (Å²) in [5, 5.41) is 0. The van der Waals surface area contributed by atoms with Gasteiger partial charge in [0.1, 0.15) is 0 Å². The van der Waals surface area contributed by atoms with Crippen LogP contribution in [0.5, 0.6) is 0 Å². The fraction of sp³-hybridized carbons (Fsp3) is 0.714. The molecular formula is C7H18O3SiW. The fourth-order valence-corrected chi connectivity index (χ4v) is 2.25. The molecule has 0 aromatic carbocycles. The van der Waals surface area contributed by atoms with Crippen LogP contribution >= 0.6 is 0 Å². The summed E-state index contributed by atoms with van der Waals surface area (Å²) in [4.78, 5) is 0. The molecule has 0 aliphatic carbocycles. The third-order valence-electron chi connectivity index (χ3n) is 1.31. The third-order valence-corrected chi connectivity index (χ3v) is 3.92. The van der Waals surface area contributed by atoms with Gasteiger partial charge in [-0.1, -0.05) is 6.92 Å². The Morgan fingerprint density at radius 2 is 1.42 bits per heavy atom. The van der Waals surface area contributed by atoms with Crippen LogP contribution < -0.4 is 0 Å². The molecule has 0 saturated carbocycles. The zero-order chi connectivity index (χ0) is 8.04. The van der Waals surface area contributed by atoms with Crippen molar-refractivity contribution >= 4 is 8.80 Å². The second kappa shape index (κ2) is 9.87. The molecule has 0 aromatic heterocycles. The van der Waals surface area contributed by atoms with Crippen LogP contribution in [-0.2, 0) is 34.3 Å². The van der Waals surface area contributed by atoms with Crippen molar-refractivity contribution in [1.82, 2.24) is 0 Å². The molecule has 3 nitrogen and oxygen atoms in total. The van der Waals surface area contributed by atoms with Gasteiger partial charge in [-0.25, -0.2) is 6.04 Å². The Hall–Kier alpha value is 0.785. The maximum absolute atomic E-state index is 5.12. The largest absolute Gasteiger partial charge is 2.00 e. The van der Waals surface area contributed by atoms with Gasteiger partial charge >= 0.3 is 29.9 Å². The van der Waals surface area contributed by atoms with Crippen molar-refractivity contribution in [3.8, 4) is 0 Å². The van der Waals surface area contributed by atoms with Crippen LogP contribution in [0.1, 0.15) is 13.3 Å². The molecule has 0 fully saturated rings. The second-order valence-corrected chi connectivity index (χ2v) is 4.67. The van der Waals surface area contributed by atoms with Crippen molar-refractivity contribution in [3.63, 3.8) is 0 Å². The summed E-state index contributed by atoms with van der Waals surface area (Å²) in [7, 11) is 2.47. The van der Waals surface area contributed by atoms with Gasteiger partial charge in [-0.05, 0) is 0 Å². The minimum Gasteiger partial charge on any atom is -0.397 e. The fourth-order valence-electron chi connectivity index (χ4n) is 0.750. The molecule has 0 spiro atoms. The molecule has 0 aliphatic rings. The van der Waals surface area contributed by atoms with E-state index in [0.717, 1.165) is 6.42 Å². The first-order valence-electron chi connectivity index (χ1n) is 3.24. The Morgan fingerprint density at radius 1 is 1.08 bits per heavy atom. The van der Waals surface area contributed by atoms with E-state index < -0.39 is 8.80 Å². The van der Waals surface area contributed by atoms with Crippen LogP contribution in [0.4, 0.5) is 0 Å². The van der Waals surface area contributed by atoms with Crippen molar-refractivity contribution in [2.75, 3.05) is 21.3 Å². The van der Waals surface area contributed by atoms with E-state index in [1.54, 1.807) is 21.3 Å². The minimum absolute atomic E-state index is 0. The Labute approximate surface area is 91.4 Å². The molecule has 0 aliphatic heterocycles. The van der Waals surface area contributed by atoms with Gasteiger partial charge in [0, 0.05) is 21.3 Å². The molecule has 0 radical (unpaired) electrons. The average Bonchev–Trinajstić information content (AvgIpc) is 2.01. The van der Waals surface area contributed by atoms with E-state index in [4.69, 9.17) is 13.3 Å². The molecule has 0 atom stereocenters. The molecule has 12 heavy (non-hydrogen) atoms. The SMILES string of the molecule is CC[CH-][Si](OC)(OC)OC.[CH3-].[W+2]. The van der Waals surface area contributed by atoms with Crippen molar-refractivity contribution in [3.05, 3.63) is 13.5 Å². The molecule has 0 N–H and O–H groups in total. The van der Waals surface area contributed by atoms with Crippen LogP contribution in [-0.4, -0.2) is 30.1 Å². The Balaban J connectivity index is -0.000000405. The summed E-state index contributed by atoms with van der Waals surface area (Å²) >= 11 is 0. The van der Waals surface area contributed by atoms with Gasteiger partial charge in [-0.3, -0.25) is 0 Å². The van der Waals surface area contributed by atoms with Crippen molar-refractivity contribution in [2.24, 2.45) is 0 Å². The van der Waals surface area contributed by atoms with E-state index in [0.29, 0.717) is 0 Å². The second-order valence-electron chi connectivity index (χ2n) is 1.83. The molecule has 0 unspecified atom stereocenters. The first kappa shape index (κ1) is 18.5. The van der Waals surface area contributed by atoms with Crippen molar-refractivity contribution < 1.29 is 34.3 Å². The number of hydrogen-bond acceptors (Lipinski definition) is 3. The predicted molar refractivity (Wildman–Crippen MR) is 47.8 cm³/mol. The molecule has 0 aromatic rings. The summed E-state index contributed by atoms with van der Waals surface area (Å²) in [6, 6.07) is 1.95. The molecule has 0 heterocycles.